The van der Waals surface area contributed by atoms with Gasteiger partial charge in [-0.1, -0.05) is 29.5 Å². The molecule has 0 aromatic carbocycles. The third-order valence-electron chi connectivity index (χ3n) is 1.34. The summed E-state index contributed by atoms with van der Waals surface area (Å²) in [6.07, 6.45) is 1.67. The molecule has 4 nitrogen and oxygen atoms in total. The molecule has 12 heavy (non-hydrogen) atoms. The Morgan fingerprint density at radius 3 is 3.00 bits per heavy atom. The maximum Gasteiger partial charge on any atom is 0.349 e. The average molecular weight is 279 g/mol. The van der Waals surface area contributed by atoms with Crippen molar-refractivity contribution in [3.8, 4) is 0 Å². The zero-order valence-corrected chi connectivity index (χ0v) is 8.85. The van der Waals surface area contributed by atoms with Crippen LogP contribution in [0.15, 0.2) is 17.1 Å². The maximum absolute atomic E-state index is 11.1. The van der Waals surface area contributed by atoms with Gasteiger partial charge in [-0.05, 0) is 6.07 Å². The molecule has 0 amide bonds. The van der Waals surface area contributed by atoms with Crippen molar-refractivity contribution in [1.29, 1.82) is 0 Å². The van der Waals surface area contributed by atoms with E-state index in [0.717, 1.165) is 0 Å². The van der Waals surface area contributed by atoms with E-state index in [-0.39, 0.29) is 11.5 Å². The lowest BCUT2D eigenvalue weighted by atomic mass is 10.4. The monoisotopic (exact) mass is 279 g/mol. The van der Waals surface area contributed by atoms with Gasteiger partial charge in [0.25, 0.3) is 0 Å². The van der Waals surface area contributed by atoms with Gasteiger partial charge in [-0.25, -0.2) is 4.79 Å². The lowest BCUT2D eigenvalue weighted by Crippen LogP contribution is -2.25. The number of hydrogen-bond acceptors (Lipinski definition) is 3. The molecular formula is C7H10IN3O. The molecule has 1 aromatic heterocycles. The van der Waals surface area contributed by atoms with Gasteiger partial charge >= 0.3 is 5.69 Å². The first-order chi connectivity index (χ1) is 5.59. The van der Waals surface area contributed by atoms with Crippen LogP contribution in [0.2, 0.25) is 0 Å². The minimum atomic E-state index is -0.279. The van der Waals surface area contributed by atoms with Crippen LogP contribution in [0.1, 0.15) is 6.92 Å². The first kappa shape index (κ1) is 9.50. The van der Waals surface area contributed by atoms with E-state index in [4.69, 9.17) is 5.73 Å². The summed E-state index contributed by atoms with van der Waals surface area (Å²) in [5.41, 5.74) is 5.05. The first-order valence-electron chi connectivity index (χ1n) is 3.56. The van der Waals surface area contributed by atoms with Crippen LogP contribution in [0.25, 0.3) is 0 Å². The summed E-state index contributed by atoms with van der Waals surface area (Å²) in [6.45, 7) is 2.70. The largest absolute Gasteiger partial charge is 0.383 e. The molecule has 0 radical (unpaired) electrons. The number of nitrogen functional groups attached to an aromatic ring is 1. The summed E-state index contributed by atoms with van der Waals surface area (Å²) in [4.78, 5) is 14.8. The van der Waals surface area contributed by atoms with Crippen LogP contribution in [0.5, 0.6) is 0 Å². The Morgan fingerprint density at radius 2 is 2.50 bits per heavy atom. The molecular weight excluding hydrogens is 269 g/mol. The molecule has 0 bridgehead atoms. The molecule has 1 atom stereocenters. The van der Waals surface area contributed by atoms with Crippen molar-refractivity contribution in [3.63, 3.8) is 0 Å². The zero-order chi connectivity index (χ0) is 9.14. The lowest BCUT2D eigenvalue weighted by molar-refractivity contribution is 0.659. The van der Waals surface area contributed by atoms with Crippen molar-refractivity contribution >= 4 is 28.4 Å². The number of halogens is 1. The Morgan fingerprint density at radius 1 is 1.83 bits per heavy atom. The number of anilines is 1. The highest BCUT2D eigenvalue weighted by molar-refractivity contribution is 14.1. The standard InChI is InChI=1S/C7H10IN3O/c1-5(8)4-11-3-2-6(9)10-7(11)12/h2-3,5H,4H2,1H3,(H2,9,10,12). The molecule has 2 N–H and O–H groups in total. The highest BCUT2D eigenvalue weighted by Crippen LogP contribution is 2.00. The number of rotatable bonds is 2. The second-order valence-electron chi connectivity index (χ2n) is 2.57. The first-order valence-corrected chi connectivity index (χ1v) is 4.81. The Bertz CT molecular complexity index is 321. The predicted octanol–water partition coefficient (Wildman–Crippen LogP) is 0.649. The Hall–Kier alpha value is -0.590. The lowest BCUT2D eigenvalue weighted by Gasteiger charge is -2.05. The minimum Gasteiger partial charge on any atom is -0.383 e. The van der Waals surface area contributed by atoms with E-state index in [2.05, 4.69) is 27.6 Å². The molecule has 1 aromatic rings. The van der Waals surface area contributed by atoms with E-state index in [1.54, 1.807) is 16.8 Å². The van der Waals surface area contributed by atoms with Gasteiger partial charge in [-0.3, -0.25) is 4.57 Å². The van der Waals surface area contributed by atoms with Crippen molar-refractivity contribution in [3.05, 3.63) is 22.7 Å². The van der Waals surface area contributed by atoms with Crippen LogP contribution in [-0.2, 0) is 6.54 Å². The fourth-order valence-corrected chi connectivity index (χ4v) is 1.28. The Labute approximate surface area is 83.9 Å². The highest BCUT2D eigenvalue weighted by atomic mass is 127. The molecule has 0 aliphatic rings. The Kier molecular flexibility index (Phi) is 3.07. The fraction of sp³-hybridized carbons (Fsp3) is 0.429. The summed E-state index contributed by atoms with van der Waals surface area (Å²) in [7, 11) is 0. The van der Waals surface area contributed by atoms with E-state index in [1.165, 1.54) is 0 Å². The minimum absolute atomic E-state index is 0.275. The van der Waals surface area contributed by atoms with Crippen molar-refractivity contribution in [2.24, 2.45) is 0 Å². The summed E-state index contributed by atoms with van der Waals surface area (Å²) in [5.74, 6) is 0.275. The van der Waals surface area contributed by atoms with Crippen LogP contribution in [0.3, 0.4) is 0 Å². The van der Waals surface area contributed by atoms with Gasteiger partial charge in [0.1, 0.15) is 5.82 Å². The van der Waals surface area contributed by atoms with Crippen LogP contribution < -0.4 is 11.4 Å². The van der Waals surface area contributed by atoms with Gasteiger partial charge in [-0.15, -0.1) is 0 Å². The molecule has 1 heterocycles. The third kappa shape index (κ3) is 2.47. The van der Waals surface area contributed by atoms with Crippen molar-refractivity contribution in [2.75, 3.05) is 5.73 Å². The molecule has 5 heteroatoms. The van der Waals surface area contributed by atoms with Crippen molar-refractivity contribution < 1.29 is 0 Å². The smallest absolute Gasteiger partial charge is 0.349 e. The van der Waals surface area contributed by atoms with Crippen LogP contribution >= 0.6 is 22.6 Å². The number of aromatic nitrogens is 2. The summed E-state index contributed by atoms with van der Waals surface area (Å²) in [6, 6.07) is 1.63. The average Bonchev–Trinajstić information content (AvgIpc) is 1.94. The van der Waals surface area contributed by atoms with Crippen LogP contribution in [0.4, 0.5) is 5.82 Å². The second kappa shape index (κ2) is 3.88. The van der Waals surface area contributed by atoms with Crippen LogP contribution in [-0.4, -0.2) is 13.5 Å². The number of hydrogen-bond donors (Lipinski definition) is 1. The molecule has 66 valence electrons. The van der Waals surface area contributed by atoms with Gasteiger partial charge in [0.2, 0.25) is 0 Å². The maximum atomic E-state index is 11.1. The number of alkyl halides is 1. The van der Waals surface area contributed by atoms with Gasteiger partial charge in [-0.2, -0.15) is 4.98 Å². The molecule has 1 rings (SSSR count). The van der Waals surface area contributed by atoms with E-state index < -0.39 is 0 Å². The number of nitrogens with two attached hydrogens (primary N) is 1. The van der Waals surface area contributed by atoms with E-state index >= 15 is 0 Å². The van der Waals surface area contributed by atoms with Gasteiger partial charge in [0.15, 0.2) is 0 Å². The Balaban J connectivity index is 2.94. The predicted molar refractivity (Wildman–Crippen MR) is 56.4 cm³/mol. The molecule has 0 saturated carbocycles. The quantitative estimate of drug-likeness (QED) is 0.638. The van der Waals surface area contributed by atoms with Gasteiger partial charge in [0.05, 0.1) is 0 Å². The molecule has 0 aliphatic heterocycles. The van der Waals surface area contributed by atoms with Crippen molar-refractivity contribution in [2.45, 2.75) is 17.4 Å². The normalized spacial score (nSPS) is 12.8. The van der Waals surface area contributed by atoms with Gasteiger partial charge < -0.3 is 5.73 Å². The zero-order valence-electron chi connectivity index (χ0n) is 6.70. The molecule has 0 saturated heterocycles. The number of nitrogens with zero attached hydrogens (tertiary/aromatic N) is 2. The van der Waals surface area contributed by atoms with Crippen molar-refractivity contribution in [1.82, 2.24) is 9.55 Å². The topological polar surface area (TPSA) is 60.9 Å². The summed E-state index contributed by atoms with van der Waals surface area (Å²) < 4.78 is 1.96. The van der Waals surface area contributed by atoms with E-state index in [1.807, 2.05) is 6.92 Å². The molecule has 1 unspecified atom stereocenters. The fourth-order valence-electron chi connectivity index (χ4n) is 0.852. The highest BCUT2D eigenvalue weighted by Gasteiger charge is 2.00. The van der Waals surface area contributed by atoms with Gasteiger partial charge in [0, 0.05) is 16.7 Å². The van der Waals surface area contributed by atoms with E-state index in [0.29, 0.717) is 10.5 Å². The SMILES string of the molecule is CC(I)Cn1ccc(N)nc1=O. The molecule has 0 spiro atoms. The third-order valence-corrected chi connectivity index (χ3v) is 1.74. The summed E-state index contributed by atoms with van der Waals surface area (Å²) in [5, 5.41) is 0. The molecule has 0 fully saturated rings. The van der Waals surface area contributed by atoms with E-state index in [9.17, 15) is 4.79 Å². The second-order valence-corrected chi connectivity index (χ2v) is 4.69. The van der Waals surface area contributed by atoms with Crippen LogP contribution in [0, 0.1) is 0 Å². The summed E-state index contributed by atoms with van der Waals surface area (Å²) >= 11 is 2.25. The molecule has 0 aliphatic carbocycles.